The van der Waals surface area contributed by atoms with Gasteiger partial charge in [0.05, 0.1) is 12.5 Å². The molecule has 4 nitrogen and oxygen atoms in total. The van der Waals surface area contributed by atoms with Gasteiger partial charge >= 0.3 is 0 Å². The predicted molar refractivity (Wildman–Crippen MR) is 87.3 cm³/mol. The summed E-state index contributed by atoms with van der Waals surface area (Å²) in [5.41, 5.74) is 2.15. The van der Waals surface area contributed by atoms with Gasteiger partial charge in [0.2, 0.25) is 11.8 Å². The molecule has 1 heterocycles. The SMILES string of the molecule is CC(=O)NC(CC(=O)N1CCCC(C)C1)c1ccc(C)cc1. The minimum Gasteiger partial charge on any atom is -0.349 e. The number of nitrogens with zero attached hydrogens (tertiary/aromatic N) is 1. The molecular formula is C18H26N2O2. The van der Waals surface area contributed by atoms with E-state index in [1.165, 1.54) is 18.9 Å². The van der Waals surface area contributed by atoms with E-state index in [1.807, 2.05) is 36.1 Å². The molecule has 0 aromatic heterocycles. The van der Waals surface area contributed by atoms with E-state index in [9.17, 15) is 9.59 Å². The van der Waals surface area contributed by atoms with Crippen molar-refractivity contribution in [3.05, 3.63) is 35.4 Å². The molecule has 1 saturated heterocycles. The smallest absolute Gasteiger partial charge is 0.224 e. The first-order chi connectivity index (χ1) is 10.5. The highest BCUT2D eigenvalue weighted by Crippen LogP contribution is 2.22. The van der Waals surface area contributed by atoms with Gasteiger partial charge in [-0.05, 0) is 31.2 Å². The number of nitrogens with one attached hydrogen (secondary N) is 1. The maximum Gasteiger partial charge on any atom is 0.224 e. The molecule has 1 aromatic carbocycles. The molecule has 0 bridgehead atoms. The highest BCUT2D eigenvalue weighted by molar-refractivity contribution is 5.79. The van der Waals surface area contributed by atoms with Crippen molar-refractivity contribution in [2.24, 2.45) is 5.92 Å². The van der Waals surface area contributed by atoms with E-state index in [2.05, 4.69) is 12.2 Å². The van der Waals surface area contributed by atoms with Crippen LogP contribution in [0.1, 0.15) is 50.3 Å². The molecule has 1 aliphatic rings. The molecule has 4 heteroatoms. The summed E-state index contributed by atoms with van der Waals surface area (Å²) in [5, 5.41) is 2.91. The van der Waals surface area contributed by atoms with Crippen molar-refractivity contribution < 1.29 is 9.59 Å². The molecule has 0 radical (unpaired) electrons. The second kappa shape index (κ2) is 7.43. The summed E-state index contributed by atoms with van der Waals surface area (Å²) in [4.78, 5) is 26.0. The summed E-state index contributed by atoms with van der Waals surface area (Å²) in [6.07, 6.45) is 2.59. The second-order valence-corrected chi connectivity index (χ2v) is 6.46. The molecule has 1 aromatic rings. The molecule has 2 unspecified atom stereocenters. The maximum absolute atomic E-state index is 12.6. The van der Waals surface area contributed by atoms with Gasteiger partial charge in [0.15, 0.2) is 0 Å². The van der Waals surface area contributed by atoms with Gasteiger partial charge < -0.3 is 10.2 Å². The number of piperidine rings is 1. The van der Waals surface area contributed by atoms with E-state index in [0.29, 0.717) is 12.3 Å². The second-order valence-electron chi connectivity index (χ2n) is 6.46. The quantitative estimate of drug-likeness (QED) is 0.930. The van der Waals surface area contributed by atoms with Gasteiger partial charge in [0, 0.05) is 20.0 Å². The normalized spacial score (nSPS) is 19.6. The first kappa shape index (κ1) is 16.5. The average Bonchev–Trinajstić information content (AvgIpc) is 2.47. The van der Waals surface area contributed by atoms with Crippen LogP contribution in [0.5, 0.6) is 0 Å². The lowest BCUT2D eigenvalue weighted by atomic mass is 9.98. The lowest BCUT2D eigenvalue weighted by Gasteiger charge is -2.32. The number of carbonyl (C=O) groups is 2. The van der Waals surface area contributed by atoms with Crippen LogP contribution >= 0.6 is 0 Å². The summed E-state index contributed by atoms with van der Waals surface area (Å²) in [7, 11) is 0. The zero-order valence-corrected chi connectivity index (χ0v) is 13.8. The van der Waals surface area contributed by atoms with Crippen LogP contribution in [0.25, 0.3) is 0 Å². The summed E-state index contributed by atoms with van der Waals surface area (Å²) in [5.74, 6) is 0.590. The molecule has 0 saturated carbocycles. The Kier molecular flexibility index (Phi) is 5.58. The number of hydrogen-bond donors (Lipinski definition) is 1. The number of carbonyl (C=O) groups excluding carboxylic acids is 2. The number of amides is 2. The van der Waals surface area contributed by atoms with Crippen molar-refractivity contribution in [3.63, 3.8) is 0 Å². The number of hydrogen-bond acceptors (Lipinski definition) is 2. The monoisotopic (exact) mass is 302 g/mol. The molecule has 22 heavy (non-hydrogen) atoms. The Morgan fingerprint density at radius 2 is 2.00 bits per heavy atom. The Morgan fingerprint density at radius 3 is 2.59 bits per heavy atom. The molecule has 0 aliphatic carbocycles. The van der Waals surface area contributed by atoms with Crippen LogP contribution in [-0.2, 0) is 9.59 Å². The van der Waals surface area contributed by atoms with Crippen LogP contribution in [0.15, 0.2) is 24.3 Å². The summed E-state index contributed by atoms with van der Waals surface area (Å²) < 4.78 is 0. The topological polar surface area (TPSA) is 49.4 Å². The van der Waals surface area contributed by atoms with E-state index in [0.717, 1.165) is 25.1 Å². The molecular weight excluding hydrogens is 276 g/mol. The molecule has 1 aliphatic heterocycles. The lowest BCUT2D eigenvalue weighted by molar-refractivity contribution is -0.133. The van der Waals surface area contributed by atoms with Gasteiger partial charge in [-0.1, -0.05) is 36.8 Å². The highest BCUT2D eigenvalue weighted by Gasteiger charge is 2.24. The molecule has 2 rings (SSSR count). The van der Waals surface area contributed by atoms with E-state index in [1.54, 1.807) is 0 Å². The third kappa shape index (κ3) is 4.58. The summed E-state index contributed by atoms with van der Waals surface area (Å²) in [6, 6.07) is 7.75. The highest BCUT2D eigenvalue weighted by atomic mass is 16.2. The first-order valence-electron chi connectivity index (χ1n) is 8.07. The molecule has 1 fully saturated rings. The Balaban J connectivity index is 2.07. The zero-order valence-electron chi connectivity index (χ0n) is 13.8. The van der Waals surface area contributed by atoms with Crippen LogP contribution in [0, 0.1) is 12.8 Å². The van der Waals surface area contributed by atoms with E-state index in [-0.39, 0.29) is 17.9 Å². The van der Waals surface area contributed by atoms with Crippen LogP contribution in [-0.4, -0.2) is 29.8 Å². The van der Waals surface area contributed by atoms with Crippen molar-refractivity contribution in [2.45, 2.75) is 46.1 Å². The standard InChI is InChI=1S/C18H26N2O2/c1-13-6-8-16(9-7-13)17(19-15(3)21)11-18(22)20-10-4-5-14(2)12-20/h6-9,14,17H,4-5,10-12H2,1-3H3,(H,19,21). The fourth-order valence-corrected chi connectivity index (χ4v) is 3.02. The summed E-state index contributed by atoms with van der Waals surface area (Å²) in [6.45, 7) is 7.38. The van der Waals surface area contributed by atoms with Crippen molar-refractivity contribution in [2.75, 3.05) is 13.1 Å². The Hall–Kier alpha value is -1.84. The van der Waals surface area contributed by atoms with E-state index < -0.39 is 0 Å². The molecule has 2 atom stereocenters. The fourth-order valence-electron chi connectivity index (χ4n) is 3.02. The van der Waals surface area contributed by atoms with Crippen molar-refractivity contribution in [3.8, 4) is 0 Å². The Labute approximate surface area is 132 Å². The van der Waals surface area contributed by atoms with Crippen LogP contribution < -0.4 is 5.32 Å². The lowest BCUT2D eigenvalue weighted by Crippen LogP contribution is -2.41. The van der Waals surface area contributed by atoms with Gasteiger partial charge in [0.25, 0.3) is 0 Å². The zero-order chi connectivity index (χ0) is 16.1. The molecule has 0 spiro atoms. The third-order valence-corrected chi connectivity index (χ3v) is 4.25. The minimum atomic E-state index is -0.247. The largest absolute Gasteiger partial charge is 0.349 e. The minimum absolute atomic E-state index is 0.106. The van der Waals surface area contributed by atoms with Crippen LogP contribution in [0.2, 0.25) is 0 Å². The number of rotatable bonds is 4. The van der Waals surface area contributed by atoms with Gasteiger partial charge in [-0.2, -0.15) is 0 Å². The number of likely N-dealkylation sites (tertiary alicyclic amines) is 1. The van der Waals surface area contributed by atoms with Crippen LogP contribution in [0.4, 0.5) is 0 Å². The van der Waals surface area contributed by atoms with Crippen molar-refractivity contribution in [1.29, 1.82) is 0 Å². The van der Waals surface area contributed by atoms with Gasteiger partial charge in [-0.3, -0.25) is 9.59 Å². The van der Waals surface area contributed by atoms with Crippen molar-refractivity contribution >= 4 is 11.8 Å². The van der Waals surface area contributed by atoms with Gasteiger partial charge in [-0.25, -0.2) is 0 Å². The van der Waals surface area contributed by atoms with E-state index in [4.69, 9.17) is 0 Å². The number of aryl methyl sites for hydroxylation is 1. The van der Waals surface area contributed by atoms with E-state index >= 15 is 0 Å². The van der Waals surface area contributed by atoms with Gasteiger partial charge in [-0.15, -0.1) is 0 Å². The average molecular weight is 302 g/mol. The summed E-state index contributed by atoms with van der Waals surface area (Å²) >= 11 is 0. The fraction of sp³-hybridized carbons (Fsp3) is 0.556. The molecule has 2 amide bonds. The van der Waals surface area contributed by atoms with Crippen LogP contribution in [0.3, 0.4) is 0 Å². The van der Waals surface area contributed by atoms with Gasteiger partial charge in [0.1, 0.15) is 0 Å². The number of benzene rings is 1. The van der Waals surface area contributed by atoms with Crippen molar-refractivity contribution in [1.82, 2.24) is 10.2 Å². The first-order valence-corrected chi connectivity index (χ1v) is 8.07. The Morgan fingerprint density at radius 1 is 1.32 bits per heavy atom. The maximum atomic E-state index is 12.6. The molecule has 120 valence electrons. The molecule has 1 N–H and O–H groups in total. The predicted octanol–water partition coefficient (Wildman–Crippen LogP) is 2.82. The Bertz CT molecular complexity index is 524. The third-order valence-electron chi connectivity index (χ3n) is 4.25.